The Bertz CT molecular complexity index is 6580. The Hall–Kier alpha value is -13.3. The number of methoxy groups -OCH3 is 1. The summed E-state index contributed by atoms with van der Waals surface area (Å²) < 4.78 is 81.8. The lowest BCUT2D eigenvalue weighted by Crippen LogP contribution is -2.15. The summed E-state index contributed by atoms with van der Waals surface area (Å²) >= 11 is 25.4. The van der Waals surface area contributed by atoms with Gasteiger partial charge in [-0.25, -0.2) is 74.9 Å². The van der Waals surface area contributed by atoms with Crippen LogP contribution in [-0.4, -0.2) is 102 Å². The first-order valence-electron chi connectivity index (χ1n) is 37.0. The maximum absolute atomic E-state index is 13.2. The number of ether oxygens (including phenoxy) is 1. The van der Waals surface area contributed by atoms with Gasteiger partial charge in [-0.15, -0.1) is 0 Å². The Labute approximate surface area is 748 Å². The van der Waals surface area contributed by atoms with E-state index in [1.165, 1.54) is 77.4 Å². The minimum Gasteiger partial charge on any atom is -0.506 e. The fraction of sp³-hybridized carbons (Fsp3) is 0.0217. The van der Waals surface area contributed by atoms with E-state index in [2.05, 4.69) is 119 Å². The number of aromatic hydroxyl groups is 2. The van der Waals surface area contributed by atoms with Crippen molar-refractivity contribution in [3.8, 4) is 62.3 Å². The number of benzene rings is 12. The monoisotopic (exact) mass is 1950 g/mol. The molecule has 0 atom stereocenters. The van der Waals surface area contributed by atoms with E-state index in [1.54, 1.807) is 132 Å². The number of sulfonamides is 1. The van der Waals surface area contributed by atoms with Crippen LogP contribution >= 0.6 is 86.9 Å². The molecule has 123 heavy (non-hydrogen) atoms. The van der Waals surface area contributed by atoms with E-state index in [-0.39, 0.29) is 39.8 Å². The van der Waals surface area contributed by atoms with Crippen LogP contribution in [0.2, 0.25) is 10.0 Å². The zero-order valence-corrected chi connectivity index (χ0v) is 73.1. The fourth-order valence-corrected chi connectivity index (χ4v) is 14.5. The van der Waals surface area contributed by atoms with Crippen molar-refractivity contribution in [2.75, 3.05) is 17.1 Å². The highest BCUT2D eigenvalue weighted by Gasteiger charge is 2.21. The van der Waals surface area contributed by atoms with E-state index >= 15 is 0 Å². The Morgan fingerprint density at radius 3 is 1.17 bits per heavy atom. The summed E-state index contributed by atoms with van der Waals surface area (Å²) in [6.45, 7) is 0.578. The van der Waals surface area contributed by atoms with E-state index in [0.29, 0.717) is 72.7 Å². The van der Waals surface area contributed by atoms with Crippen LogP contribution in [0.25, 0.3) is 45.0 Å². The van der Waals surface area contributed by atoms with Crippen LogP contribution < -0.4 is 14.8 Å². The smallest absolute Gasteiger partial charge is 0.264 e. The van der Waals surface area contributed by atoms with Crippen LogP contribution in [0.1, 0.15) is 38.9 Å². The molecule has 0 aliphatic carbocycles. The second kappa shape index (κ2) is 42.3. The first-order valence-corrected chi connectivity index (χ1v) is 42.4. The number of imidazole rings is 4. The maximum atomic E-state index is 13.2. The molecule has 21 nitrogen and oxygen atoms in total. The van der Waals surface area contributed by atoms with Crippen molar-refractivity contribution in [2.24, 2.45) is 30.4 Å². The molecule has 0 aliphatic heterocycles. The summed E-state index contributed by atoms with van der Waals surface area (Å²) in [7, 11) is -2.41. The quantitative estimate of drug-likeness (QED) is 0.0441. The first-order chi connectivity index (χ1) is 59.6. The van der Waals surface area contributed by atoms with Gasteiger partial charge >= 0.3 is 0 Å². The number of aliphatic imine (C=N–C) groups is 2. The molecule has 4 aromatic heterocycles. The summed E-state index contributed by atoms with van der Waals surface area (Å²) in [4.78, 5) is 27.3. The average molecular weight is 1960 g/mol. The standard InChI is InChI=1S/C24H18BrFN4O2.C23H15Br2ClN4O.C23H18ClFN4.C22H16BrFN4O2S/c1-32-22-12-19(25)11-18(23(22)31)14-27-24-29-21(17-5-3-2-4-6-17)15-30(24)28-13-16-7-9-20(26)10-8-16;24-18-10-17(22(31)20(25)11-18)13-27-23-29-21(16-4-2-1-3-5-16)14-30(23)28-12-15-6-8-19(26)9-7-15;24-20-10-6-17(7-11-20)14-26-23-28-22(19-4-2-1-3-5-19)16-29(23)27-15-18-8-12-21(25)13-9-18;23-18-8-12-20(13-9-18)31(29,30)27-22-26-21(17-4-2-1-3-5-17)15-28(22)25-14-16-6-10-19(24)11-7-16/h2-15,31H,1H3;1-14,31H;1-13,15-16H,14H2,(H,26,28);1-15H,(H,26,27)/b27-14?,28-13-;27-13?,28-12-;27-15-;25-14-. The van der Waals surface area contributed by atoms with Gasteiger partial charge in [0.05, 0.1) is 88.9 Å². The number of hydrogen-bond donors (Lipinski definition) is 4. The summed E-state index contributed by atoms with van der Waals surface area (Å²) in [6, 6.07) is 84.8. The highest BCUT2D eigenvalue weighted by molar-refractivity contribution is 9.11. The number of phenols is 2. The van der Waals surface area contributed by atoms with Gasteiger partial charge < -0.3 is 20.3 Å². The second-order valence-electron chi connectivity index (χ2n) is 26.2. The molecule has 0 spiro atoms. The fourth-order valence-electron chi connectivity index (χ4n) is 11.2. The molecule has 31 heteroatoms. The predicted octanol–water partition coefficient (Wildman–Crippen LogP) is 23.8. The van der Waals surface area contributed by atoms with Gasteiger partial charge in [-0.3, -0.25) is 0 Å². The summed E-state index contributed by atoms with van der Waals surface area (Å²) in [5, 5.41) is 43.1. The van der Waals surface area contributed by atoms with Gasteiger partial charge in [-0.1, -0.05) is 253 Å². The molecule has 4 heterocycles. The van der Waals surface area contributed by atoms with Crippen molar-refractivity contribution < 1.29 is 36.5 Å². The number of anilines is 2. The van der Waals surface area contributed by atoms with Crippen LogP contribution in [0.4, 0.5) is 37.0 Å². The largest absolute Gasteiger partial charge is 0.506 e. The van der Waals surface area contributed by atoms with Gasteiger partial charge in [0.15, 0.2) is 11.5 Å². The molecular formula is C92H67Br4Cl2F3N16O5S. The zero-order chi connectivity index (χ0) is 86.2. The normalized spacial score (nSPS) is 11.5. The Balaban J connectivity index is 0.000000141. The van der Waals surface area contributed by atoms with E-state index in [1.807, 2.05) is 170 Å². The van der Waals surface area contributed by atoms with Crippen molar-refractivity contribution in [3.05, 3.63) is 400 Å². The van der Waals surface area contributed by atoms with Crippen LogP contribution in [0, 0.1) is 17.5 Å². The lowest BCUT2D eigenvalue weighted by molar-refractivity contribution is 0.373. The van der Waals surface area contributed by atoms with Crippen molar-refractivity contribution in [2.45, 2.75) is 11.4 Å². The molecule has 0 saturated heterocycles. The lowest BCUT2D eigenvalue weighted by atomic mass is 10.2. The summed E-state index contributed by atoms with van der Waals surface area (Å²) in [5.74, 6) is 0.760. The molecule has 0 aliphatic rings. The summed E-state index contributed by atoms with van der Waals surface area (Å²) in [5.41, 5.74) is 11.6. The number of aromatic nitrogens is 8. The van der Waals surface area contributed by atoms with Crippen molar-refractivity contribution in [1.29, 1.82) is 0 Å². The van der Waals surface area contributed by atoms with Crippen molar-refractivity contribution >= 4 is 158 Å². The number of halogens is 9. The molecular weight excluding hydrogens is 1890 g/mol. The molecule has 12 aromatic carbocycles. The third-order valence-electron chi connectivity index (χ3n) is 17.5. The van der Waals surface area contributed by atoms with E-state index in [9.17, 15) is 31.8 Å². The Morgan fingerprint density at radius 2 is 0.756 bits per heavy atom. The van der Waals surface area contributed by atoms with Crippen LogP contribution in [0.3, 0.4) is 0 Å². The molecule has 4 N–H and O–H groups in total. The molecule has 0 saturated carbocycles. The van der Waals surface area contributed by atoms with E-state index in [0.717, 1.165) is 69.3 Å². The van der Waals surface area contributed by atoms with Gasteiger partial charge in [-0.05, 0) is 153 Å². The molecule has 0 amide bonds. The second-order valence-corrected chi connectivity index (χ2v) is 32.4. The van der Waals surface area contributed by atoms with Crippen molar-refractivity contribution in [1.82, 2.24) is 38.6 Å². The summed E-state index contributed by atoms with van der Waals surface area (Å²) in [6.07, 6.45) is 16.5. The van der Waals surface area contributed by atoms with E-state index in [4.69, 9.17) is 32.9 Å². The lowest BCUT2D eigenvalue weighted by Gasteiger charge is -2.07. The molecule has 614 valence electrons. The number of phenolic OH excluding ortho intramolecular Hbond substituents is 2. The SMILES string of the molecule is COc1cc(Br)cc(C=Nc2nc(-c3ccccc3)cn2/N=C\c2ccc(F)cc2)c1O.Fc1ccc(/C=N\n2cc(-c3ccccc3)nc2NCc2ccc(Cl)cc2)cc1.O=S(=O)(Nc1nc(-c2ccccc2)cn1/N=C\c1ccc(F)cc1)c1ccc(Br)cc1.Oc1c(Br)cc(Br)cc1C=Nc1nc(-c2ccccc2)cn1/N=C\c1ccc(Cl)cc1. The molecule has 0 unspecified atom stereocenters. The van der Waals surface area contributed by atoms with E-state index < -0.39 is 10.0 Å². The number of nitrogens with zero attached hydrogens (tertiary/aromatic N) is 14. The third kappa shape index (κ3) is 25.0. The van der Waals surface area contributed by atoms with Crippen LogP contribution in [-0.2, 0) is 16.6 Å². The predicted molar refractivity (Wildman–Crippen MR) is 497 cm³/mol. The average Bonchev–Trinajstić information content (AvgIpc) is 1.68. The highest BCUT2D eigenvalue weighted by Crippen LogP contribution is 2.35. The topological polar surface area (TPSA) is 253 Å². The molecule has 0 radical (unpaired) electrons. The Morgan fingerprint density at radius 1 is 0.407 bits per heavy atom. The number of nitrogens with one attached hydrogen (secondary N) is 2. The van der Waals surface area contributed by atoms with Gasteiger partial charge in [-0.2, -0.15) is 20.4 Å². The third-order valence-corrected chi connectivity index (χ3v) is 21.4. The Kier molecular flexibility index (Phi) is 30.1. The minimum atomic E-state index is -3.89. The molecule has 16 rings (SSSR count). The van der Waals surface area contributed by atoms with Gasteiger partial charge in [0.1, 0.15) is 23.2 Å². The van der Waals surface area contributed by atoms with Gasteiger partial charge in [0.2, 0.25) is 11.9 Å². The number of hydrogen-bond acceptors (Lipinski definition) is 16. The maximum Gasteiger partial charge on any atom is 0.264 e. The molecule has 0 bridgehead atoms. The van der Waals surface area contributed by atoms with Crippen LogP contribution in [0.15, 0.2) is 369 Å². The molecule has 0 fully saturated rings. The number of rotatable bonds is 23. The molecule has 16 aromatic rings. The van der Waals surface area contributed by atoms with Crippen LogP contribution in [0.5, 0.6) is 17.2 Å². The van der Waals surface area contributed by atoms with Gasteiger partial charge in [0.25, 0.3) is 21.9 Å². The first kappa shape index (κ1) is 87.6. The minimum absolute atomic E-state index is 0.0279. The zero-order valence-electron chi connectivity index (χ0n) is 64.4. The van der Waals surface area contributed by atoms with Crippen molar-refractivity contribution in [3.63, 3.8) is 0 Å². The van der Waals surface area contributed by atoms with Gasteiger partial charge in [0, 0.05) is 75.8 Å². The highest BCUT2D eigenvalue weighted by atomic mass is 79.9.